The van der Waals surface area contributed by atoms with Crippen LogP contribution >= 0.6 is 0 Å². The van der Waals surface area contributed by atoms with Crippen molar-refractivity contribution in [3.8, 4) is 0 Å². The molecule has 0 atom stereocenters. The van der Waals surface area contributed by atoms with Gasteiger partial charge in [-0.25, -0.2) is 9.59 Å². The second kappa shape index (κ2) is 7.67. The Balaban J connectivity index is 1.77. The summed E-state index contributed by atoms with van der Waals surface area (Å²) in [4.78, 5) is 23.3. The van der Waals surface area contributed by atoms with Gasteiger partial charge in [-0.15, -0.1) is 0 Å². The molecule has 0 saturated heterocycles. The number of amides is 2. The Labute approximate surface area is 125 Å². The first-order valence-electron chi connectivity index (χ1n) is 7.51. The molecule has 0 bridgehead atoms. The Morgan fingerprint density at radius 3 is 2.57 bits per heavy atom. The second-order valence-electron chi connectivity index (χ2n) is 5.35. The first-order valence-corrected chi connectivity index (χ1v) is 7.51. The predicted molar refractivity (Wildman–Crippen MR) is 81.4 cm³/mol. The van der Waals surface area contributed by atoms with Crippen LogP contribution in [-0.2, 0) is 4.74 Å². The van der Waals surface area contributed by atoms with Crippen LogP contribution in [0.5, 0.6) is 0 Å². The van der Waals surface area contributed by atoms with E-state index in [9.17, 15) is 9.59 Å². The lowest BCUT2D eigenvalue weighted by Gasteiger charge is -2.08. The zero-order chi connectivity index (χ0) is 15.1. The van der Waals surface area contributed by atoms with E-state index in [1.807, 2.05) is 6.92 Å². The Morgan fingerprint density at radius 1 is 1.24 bits per heavy atom. The summed E-state index contributed by atoms with van der Waals surface area (Å²) in [5, 5.41) is 5.56. The number of anilines is 1. The monoisotopic (exact) mass is 290 g/mol. The quantitative estimate of drug-likeness (QED) is 0.598. The van der Waals surface area contributed by atoms with Crippen LogP contribution in [0.2, 0.25) is 0 Å². The Bertz CT molecular complexity index is 481. The lowest BCUT2D eigenvalue weighted by Crippen LogP contribution is -2.30. The predicted octanol–water partition coefficient (Wildman–Crippen LogP) is 3.18. The van der Waals surface area contributed by atoms with Crippen LogP contribution in [0, 0.1) is 5.92 Å². The maximum Gasteiger partial charge on any atom is 0.338 e. The van der Waals surface area contributed by atoms with Crippen molar-refractivity contribution in [3.05, 3.63) is 29.8 Å². The number of carbonyl (C=O) groups is 2. The van der Waals surface area contributed by atoms with Gasteiger partial charge in [-0.05, 0) is 49.4 Å². The van der Waals surface area contributed by atoms with E-state index in [1.165, 1.54) is 12.8 Å². The summed E-state index contributed by atoms with van der Waals surface area (Å²) in [5.74, 6) is 0.323. The summed E-state index contributed by atoms with van der Waals surface area (Å²) in [6.45, 7) is 3.22. The zero-order valence-electron chi connectivity index (χ0n) is 12.4. The lowest BCUT2D eigenvalue weighted by molar-refractivity contribution is 0.0500. The van der Waals surface area contributed by atoms with E-state index in [4.69, 9.17) is 4.74 Å². The van der Waals surface area contributed by atoms with E-state index in [0.29, 0.717) is 23.8 Å². The van der Waals surface area contributed by atoms with Crippen LogP contribution in [0.4, 0.5) is 10.5 Å². The molecule has 0 aliphatic heterocycles. The van der Waals surface area contributed by atoms with E-state index in [-0.39, 0.29) is 12.0 Å². The molecule has 1 aromatic rings. The molecule has 2 amide bonds. The topological polar surface area (TPSA) is 67.4 Å². The fourth-order valence-corrected chi connectivity index (χ4v) is 1.82. The molecule has 1 saturated carbocycles. The van der Waals surface area contributed by atoms with Gasteiger partial charge in [-0.1, -0.05) is 13.3 Å². The highest BCUT2D eigenvalue weighted by Gasteiger charge is 2.21. The Kier molecular flexibility index (Phi) is 5.60. The van der Waals surface area contributed by atoms with Gasteiger partial charge in [0.25, 0.3) is 0 Å². The van der Waals surface area contributed by atoms with Crippen molar-refractivity contribution in [1.82, 2.24) is 5.32 Å². The molecule has 0 heterocycles. The minimum absolute atomic E-state index is 0.208. The van der Waals surface area contributed by atoms with Crippen molar-refractivity contribution in [2.75, 3.05) is 18.5 Å². The van der Waals surface area contributed by atoms with E-state index in [2.05, 4.69) is 10.6 Å². The van der Waals surface area contributed by atoms with Crippen molar-refractivity contribution >= 4 is 17.7 Å². The van der Waals surface area contributed by atoms with Crippen molar-refractivity contribution in [2.45, 2.75) is 32.6 Å². The van der Waals surface area contributed by atoms with Gasteiger partial charge in [0.15, 0.2) is 0 Å². The molecule has 0 unspecified atom stereocenters. The van der Waals surface area contributed by atoms with Crippen LogP contribution in [-0.4, -0.2) is 25.2 Å². The smallest absolute Gasteiger partial charge is 0.338 e. The van der Waals surface area contributed by atoms with Gasteiger partial charge in [0.05, 0.1) is 12.2 Å². The van der Waals surface area contributed by atoms with Crippen LogP contribution in [0.1, 0.15) is 43.0 Å². The number of nitrogens with one attached hydrogen (secondary N) is 2. The van der Waals surface area contributed by atoms with E-state index >= 15 is 0 Å². The zero-order valence-corrected chi connectivity index (χ0v) is 12.4. The largest absolute Gasteiger partial charge is 0.462 e. The number of hydrogen-bond acceptors (Lipinski definition) is 3. The minimum Gasteiger partial charge on any atom is -0.462 e. The molecule has 1 aromatic carbocycles. The summed E-state index contributed by atoms with van der Waals surface area (Å²) in [7, 11) is 0. The number of carbonyl (C=O) groups excluding carboxylic acids is 2. The number of hydrogen-bond donors (Lipinski definition) is 2. The Morgan fingerprint density at radius 2 is 1.95 bits per heavy atom. The number of unbranched alkanes of at least 4 members (excludes halogenated alkanes) is 1. The molecule has 1 aliphatic rings. The van der Waals surface area contributed by atoms with E-state index in [0.717, 1.165) is 19.4 Å². The lowest BCUT2D eigenvalue weighted by atomic mass is 10.2. The number of rotatable bonds is 7. The molecule has 0 aromatic heterocycles. The van der Waals surface area contributed by atoms with Gasteiger partial charge in [0.1, 0.15) is 0 Å². The molecule has 114 valence electrons. The summed E-state index contributed by atoms with van der Waals surface area (Å²) in [6, 6.07) is 6.51. The summed E-state index contributed by atoms with van der Waals surface area (Å²) in [6.07, 6.45) is 4.27. The van der Waals surface area contributed by atoms with Gasteiger partial charge < -0.3 is 15.4 Å². The number of esters is 1. The normalized spacial score (nSPS) is 13.6. The van der Waals surface area contributed by atoms with Crippen molar-refractivity contribution < 1.29 is 14.3 Å². The standard InChI is InChI=1S/C16H22N2O3/c1-2-3-10-21-15(19)13-6-8-14(9-7-13)18-16(20)17-11-12-4-5-12/h6-9,12H,2-5,10-11H2,1H3,(H2,17,18,20). The van der Waals surface area contributed by atoms with Gasteiger partial charge in [0, 0.05) is 12.2 Å². The fourth-order valence-electron chi connectivity index (χ4n) is 1.82. The minimum atomic E-state index is -0.326. The van der Waals surface area contributed by atoms with Crippen LogP contribution in [0.3, 0.4) is 0 Å². The fraction of sp³-hybridized carbons (Fsp3) is 0.500. The number of urea groups is 1. The molecule has 2 rings (SSSR count). The first kappa shape index (κ1) is 15.4. The third kappa shape index (κ3) is 5.45. The average Bonchev–Trinajstić information content (AvgIpc) is 3.30. The van der Waals surface area contributed by atoms with Crippen LogP contribution < -0.4 is 10.6 Å². The van der Waals surface area contributed by atoms with E-state index in [1.54, 1.807) is 24.3 Å². The molecule has 5 nitrogen and oxygen atoms in total. The van der Waals surface area contributed by atoms with E-state index < -0.39 is 0 Å². The number of benzene rings is 1. The van der Waals surface area contributed by atoms with Crippen LogP contribution in [0.25, 0.3) is 0 Å². The third-order valence-corrected chi connectivity index (χ3v) is 3.36. The van der Waals surface area contributed by atoms with Crippen molar-refractivity contribution in [1.29, 1.82) is 0 Å². The Hall–Kier alpha value is -2.04. The molecular weight excluding hydrogens is 268 g/mol. The maximum absolute atomic E-state index is 11.7. The summed E-state index contributed by atoms with van der Waals surface area (Å²) >= 11 is 0. The maximum atomic E-state index is 11.7. The highest BCUT2D eigenvalue weighted by Crippen LogP contribution is 2.27. The van der Waals surface area contributed by atoms with Gasteiger partial charge in [0.2, 0.25) is 0 Å². The van der Waals surface area contributed by atoms with Gasteiger partial charge in [-0.2, -0.15) is 0 Å². The highest BCUT2D eigenvalue weighted by atomic mass is 16.5. The second-order valence-corrected chi connectivity index (χ2v) is 5.35. The molecule has 0 radical (unpaired) electrons. The van der Waals surface area contributed by atoms with Crippen molar-refractivity contribution in [3.63, 3.8) is 0 Å². The van der Waals surface area contributed by atoms with Gasteiger partial charge >= 0.3 is 12.0 Å². The SMILES string of the molecule is CCCCOC(=O)c1ccc(NC(=O)NCC2CC2)cc1. The molecule has 5 heteroatoms. The molecule has 0 spiro atoms. The average molecular weight is 290 g/mol. The first-order chi connectivity index (χ1) is 10.2. The molecular formula is C16H22N2O3. The molecule has 1 aliphatic carbocycles. The van der Waals surface area contributed by atoms with Crippen molar-refractivity contribution in [2.24, 2.45) is 5.92 Å². The highest BCUT2D eigenvalue weighted by molar-refractivity contribution is 5.92. The summed E-state index contributed by atoms with van der Waals surface area (Å²) in [5.41, 5.74) is 1.16. The molecule has 1 fully saturated rings. The number of ether oxygens (including phenoxy) is 1. The van der Waals surface area contributed by atoms with Crippen LogP contribution in [0.15, 0.2) is 24.3 Å². The molecule has 21 heavy (non-hydrogen) atoms. The molecule has 2 N–H and O–H groups in total. The van der Waals surface area contributed by atoms with Gasteiger partial charge in [-0.3, -0.25) is 0 Å². The third-order valence-electron chi connectivity index (χ3n) is 3.36. The summed E-state index contributed by atoms with van der Waals surface area (Å²) < 4.78 is 5.12.